The third kappa shape index (κ3) is 3.98. The Balaban J connectivity index is 0.00000147. The molecule has 0 saturated carbocycles. The zero-order valence-electron chi connectivity index (χ0n) is 22.1. The van der Waals surface area contributed by atoms with Gasteiger partial charge in [-0.3, -0.25) is 0 Å². The van der Waals surface area contributed by atoms with E-state index in [0.717, 1.165) is 0 Å². The fraction of sp³-hybridized carbons (Fsp3) is 0.176. The number of allylic oxidation sites excluding steroid dienone is 2. The van der Waals surface area contributed by atoms with Gasteiger partial charge in [0.05, 0.1) is 0 Å². The van der Waals surface area contributed by atoms with Crippen LogP contribution < -0.4 is 24.8 Å². The van der Waals surface area contributed by atoms with E-state index in [1.54, 1.807) is 43.8 Å². The first-order valence-electron chi connectivity index (χ1n) is 13.0. The van der Waals surface area contributed by atoms with Crippen LogP contribution in [-0.2, 0) is 19.2 Å². The van der Waals surface area contributed by atoms with Crippen LogP contribution in [0.25, 0.3) is 32.6 Å². The minimum atomic E-state index is -1.95. The average molecular weight is 585 g/mol. The number of hydrogen-bond acceptors (Lipinski definition) is 0. The predicted molar refractivity (Wildman–Crippen MR) is 152 cm³/mol. The molecule has 0 saturated heterocycles. The molecule has 0 fully saturated rings. The molecule has 4 heteroatoms. The van der Waals surface area contributed by atoms with Crippen molar-refractivity contribution < 1.29 is 44.0 Å². The predicted octanol–water partition coefficient (Wildman–Crippen LogP) is 3.27. The van der Waals surface area contributed by atoms with Gasteiger partial charge in [-0.2, -0.15) is 0 Å². The zero-order valence-corrected chi connectivity index (χ0v) is 26.2. The van der Waals surface area contributed by atoms with E-state index in [-0.39, 0.29) is 44.0 Å². The SMILES string of the molecule is CC1=C2c3cc(-c4ccccc4)ccc3[CH]1[Ti+2][CH]1C(C)=C(c3cc(-c4ccccc4)ccc31)[Si]2(C)C.[Cl-].[Cl-]. The van der Waals surface area contributed by atoms with Crippen molar-refractivity contribution in [2.24, 2.45) is 0 Å². The maximum Gasteiger partial charge on any atom is -1.00 e. The van der Waals surface area contributed by atoms with Gasteiger partial charge in [-0.15, -0.1) is 0 Å². The number of hydrogen-bond donors (Lipinski definition) is 0. The molecule has 0 aromatic heterocycles. The standard InChI is InChI=1S/C34H30Si.2ClH.Ti/c1-23-19-29-17-15-27(25-11-7-5-8-12-25)21-31(29)33(23)35(3,4)34-24(2)20-30-18-16-28(22-32(30)34)26-13-9-6-10-14-26;;;/h5-22H,1-4H3;2*1H;/q;;;+2/p-2. The average Bonchev–Trinajstić information content (AvgIpc) is 3.36. The molecule has 7 rings (SSSR count). The van der Waals surface area contributed by atoms with Crippen LogP contribution in [0.15, 0.2) is 108 Å². The van der Waals surface area contributed by atoms with Crippen molar-refractivity contribution in [3.8, 4) is 22.3 Å². The number of fused-ring (bicyclic) bond motifs is 8. The Morgan fingerprint density at radius 3 is 1.32 bits per heavy atom. The van der Waals surface area contributed by atoms with E-state index in [0.29, 0.717) is 8.45 Å². The van der Waals surface area contributed by atoms with Gasteiger partial charge in [-0.05, 0) is 0 Å². The first-order chi connectivity index (χ1) is 17.4. The molecule has 0 nitrogen and oxygen atoms in total. The molecule has 2 unspecified atom stereocenters. The van der Waals surface area contributed by atoms with Crippen LogP contribution in [0.4, 0.5) is 0 Å². The molecule has 3 aliphatic rings. The Morgan fingerprint density at radius 1 is 0.526 bits per heavy atom. The van der Waals surface area contributed by atoms with Crippen LogP contribution in [0.2, 0.25) is 13.1 Å². The molecule has 4 bridgehead atoms. The van der Waals surface area contributed by atoms with Gasteiger partial charge < -0.3 is 24.8 Å². The second-order valence-electron chi connectivity index (χ2n) is 11.1. The van der Waals surface area contributed by atoms with E-state index in [1.807, 2.05) is 0 Å². The monoisotopic (exact) mass is 584 g/mol. The van der Waals surface area contributed by atoms with Gasteiger partial charge in [0.2, 0.25) is 0 Å². The Labute approximate surface area is 249 Å². The molecular formula is C34H30Cl2SiTi. The molecule has 1 aliphatic heterocycles. The molecule has 0 amide bonds. The van der Waals surface area contributed by atoms with Crippen LogP contribution in [0.1, 0.15) is 44.5 Å². The Hall–Kier alpha value is -2.13. The van der Waals surface area contributed by atoms with Crippen LogP contribution >= 0.6 is 0 Å². The van der Waals surface area contributed by atoms with Crippen molar-refractivity contribution in [2.45, 2.75) is 35.4 Å². The third-order valence-electron chi connectivity index (χ3n) is 8.72. The Kier molecular flexibility index (Phi) is 7.31. The molecular weight excluding hydrogens is 555 g/mol. The largest absolute Gasteiger partial charge is 1.00 e. The van der Waals surface area contributed by atoms with Crippen molar-refractivity contribution in [2.75, 3.05) is 0 Å². The molecule has 0 N–H and O–H groups in total. The molecule has 4 aromatic rings. The second kappa shape index (κ2) is 10.1. The summed E-state index contributed by atoms with van der Waals surface area (Å²) in [6.07, 6.45) is 0. The minimum absolute atomic E-state index is 0. The van der Waals surface area contributed by atoms with Gasteiger partial charge in [0.25, 0.3) is 0 Å². The molecule has 2 atom stereocenters. The van der Waals surface area contributed by atoms with E-state index in [9.17, 15) is 0 Å². The second-order valence-corrected chi connectivity index (χ2v) is 17.7. The van der Waals surface area contributed by atoms with Crippen LogP contribution in [-0.4, -0.2) is 8.07 Å². The first-order valence-corrected chi connectivity index (χ1v) is 17.8. The molecule has 0 spiro atoms. The van der Waals surface area contributed by atoms with Crippen molar-refractivity contribution in [1.82, 2.24) is 0 Å². The molecule has 2 aliphatic carbocycles. The van der Waals surface area contributed by atoms with E-state index < -0.39 is 8.07 Å². The summed E-state index contributed by atoms with van der Waals surface area (Å²) >= 11 is -0.279. The van der Waals surface area contributed by atoms with Gasteiger partial charge in [0.1, 0.15) is 0 Å². The maximum absolute atomic E-state index is 2.62. The van der Waals surface area contributed by atoms with Gasteiger partial charge in [0.15, 0.2) is 0 Å². The summed E-state index contributed by atoms with van der Waals surface area (Å²) in [4.78, 5) is 0. The fourth-order valence-corrected chi connectivity index (χ4v) is 15.1. The van der Waals surface area contributed by atoms with E-state index >= 15 is 0 Å². The minimum Gasteiger partial charge on any atom is -1.00 e. The normalized spacial score (nSPS) is 19.7. The quantitative estimate of drug-likeness (QED) is 0.317. The molecule has 38 heavy (non-hydrogen) atoms. The van der Waals surface area contributed by atoms with Crippen LogP contribution in [0.5, 0.6) is 0 Å². The van der Waals surface area contributed by atoms with Gasteiger partial charge in [0, 0.05) is 0 Å². The van der Waals surface area contributed by atoms with Gasteiger partial charge in [-0.25, -0.2) is 0 Å². The van der Waals surface area contributed by atoms with Crippen LogP contribution in [0, 0.1) is 0 Å². The summed E-state index contributed by atoms with van der Waals surface area (Å²) in [7, 11) is -1.95. The first kappa shape index (κ1) is 27.4. The van der Waals surface area contributed by atoms with Crippen molar-refractivity contribution in [1.29, 1.82) is 0 Å². The van der Waals surface area contributed by atoms with Crippen LogP contribution in [0.3, 0.4) is 0 Å². The Morgan fingerprint density at radius 2 is 0.921 bits per heavy atom. The molecule has 0 radical (unpaired) electrons. The Bertz CT molecular complexity index is 1480. The maximum atomic E-state index is 2.62. The third-order valence-corrected chi connectivity index (χ3v) is 15.9. The van der Waals surface area contributed by atoms with Crippen molar-refractivity contribution in [3.63, 3.8) is 0 Å². The summed E-state index contributed by atoms with van der Waals surface area (Å²) < 4.78 is 1.29. The summed E-state index contributed by atoms with van der Waals surface area (Å²) in [5.74, 6) is 0. The number of benzene rings is 4. The summed E-state index contributed by atoms with van der Waals surface area (Å²) in [6, 6.07) is 36.6. The van der Waals surface area contributed by atoms with E-state index in [1.165, 1.54) is 22.3 Å². The van der Waals surface area contributed by atoms with Crippen molar-refractivity contribution >= 4 is 18.5 Å². The molecule has 1 heterocycles. The molecule has 188 valence electrons. The smallest absolute Gasteiger partial charge is 1.00 e. The zero-order chi connectivity index (χ0) is 24.6. The summed E-state index contributed by atoms with van der Waals surface area (Å²) in [5, 5.41) is 3.43. The number of rotatable bonds is 2. The summed E-state index contributed by atoms with van der Waals surface area (Å²) in [6.45, 7) is 10.2. The van der Waals surface area contributed by atoms with Gasteiger partial charge in [-0.1, -0.05) is 0 Å². The topological polar surface area (TPSA) is 0 Å². The summed E-state index contributed by atoms with van der Waals surface area (Å²) in [5.41, 5.74) is 15.1. The van der Waals surface area contributed by atoms with E-state index in [4.69, 9.17) is 0 Å². The fourth-order valence-electron chi connectivity index (χ4n) is 7.23. The van der Waals surface area contributed by atoms with Gasteiger partial charge >= 0.3 is 226 Å². The van der Waals surface area contributed by atoms with E-state index in [2.05, 4.69) is 124 Å². The van der Waals surface area contributed by atoms with Crippen molar-refractivity contribution in [3.05, 3.63) is 130 Å². The number of halogens is 2. The molecule has 4 aromatic carbocycles.